The lowest BCUT2D eigenvalue weighted by atomic mass is 9.70. The second-order valence-electron chi connectivity index (χ2n) is 12.6. The zero-order valence-corrected chi connectivity index (χ0v) is 26.1. The first-order chi connectivity index (χ1) is 23.8. The lowest BCUT2D eigenvalue weighted by molar-refractivity contribution is 0.794. The first-order valence-corrected chi connectivity index (χ1v) is 16.4. The number of hydrogen-bond donors (Lipinski definition) is 0. The maximum absolute atomic E-state index is 4.41. The van der Waals surface area contributed by atoms with Gasteiger partial charge >= 0.3 is 0 Å². The van der Waals surface area contributed by atoms with E-state index in [1.165, 1.54) is 55.6 Å². The maximum atomic E-state index is 4.41. The fourth-order valence-electron chi connectivity index (χ4n) is 8.27. The van der Waals surface area contributed by atoms with Crippen molar-refractivity contribution >= 4 is 0 Å². The van der Waals surface area contributed by atoms with E-state index in [0.717, 1.165) is 28.2 Å². The van der Waals surface area contributed by atoms with Crippen molar-refractivity contribution < 1.29 is 0 Å². The molecule has 5 aromatic carbocycles. The number of nitrogens with zero attached hydrogens (tertiary/aromatic N) is 3. The quantitative estimate of drug-likeness (QED) is 0.198. The average Bonchev–Trinajstić information content (AvgIpc) is 3.83. The monoisotopic (exact) mass is 611 g/mol. The first kappa shape index (κ1) is 26.9. The van der Waals surface area contributed by atoms with Crippen LogP contribution in [0.25, 0.3) is 61.6 Å². The SMILES string of the molecule is c1cncc(-c2ccc(-c3cccnc3)n2-c2ccc(-c3ccc4c(c3)C3(c5ccccc5-c5ccccc53)c3ccccc3-4)cc2)c1. The lowest BCUT2D eigenvalue weighted by Crippen LogP contribution is -2.25. The van der Waals surface area contributed by atoms with Gasteiger partial charge in [-0.25, -0.2) is 0 Å². The molecule has 48 heavy (non-hydrogen) atoms. The molecular formula is C45H29N3. The van der Waals surface area contributed by atoms with Crippen molar-refractivity contribution in [3.05, 3.63) is 199 Å². The van der Waals surface area contributed by atoms with Crippen LogP contribution in [0.15, 0.2) is 176 Å². The van der Waals surface area contributed by atoms with Crippen molar-refractivity contribution in [1.82, 2.24) is 14.5 Å². The van der Waals surface area contributed by atoms with E-state index in [1.807, 2.05) is 36.9 Å². The van der Waals surface area contributed by atoms with Gasteiger partial charge in [0.05, 0.1) is 16.8 Å². The van der Waals surface area contributed by atoms with Gasteiger partial charge < -0.3 is 4.57 Å². The van der Waals surface area contributed by atoms with Crippen LogP contribution in [-0.4, -0.2) is 14.5 Å². The third-order valence-electron chi connectivity index (χ3n) is 10.3. The topological polar surface area (TPSA) is 30.7 Å². The van der Waals surface area contributed by atoms with E-state index in [0.29, 0.717) is 0 Å². The molecule has 3 heterocycles. The molecule has 2 aliphatic rings. The largest absolute Gasteiger partial charge is 0.309 e. The summed E-state index contributed by atoms with van der Waals surface area (Å²) in [7, 11) is 0. The van der Waals surface area contributed by atoms with Crippen molar-refractivity contribution in [3.8, 4) is 61.6 Å². The van der Waals surface area contributed by atoms with Gasteiger partial charge in [-0.2, -0.15) is 0 Å². The summed E-state index contributed by atoms with van der Waals surface area (Å²) in [5.41, 5.74) is 18.2. The normalized spacial score (nSPS) is 13.2. The Balaban J connectivity index is 1.13. The predicted octanol–water partition coefficient (Wildman–Crippen LogP) is 10.6. The molecule has 0 bridgehead atoms. The molecule has 0 amide bonds. The van der Waals surface area contributed by atoms with E-state index >= 15 is 0 Å². The Hall–Kier alpha value is -6.32. The molecule has 2 aliphatic carbocycles. The van der Waals surface area contributed by atoms with E-state index in [4.69, 9.17) is 0 Å². The van der Waals surface area contributed by atoms with Crippen LogP contribution in [0.2, 0.25) is 0 Å². The van der Waals surface area contributed by atoms with Crippen molar-refractivity contribution in [3.63, 3.8) is 0 Å². The third-order valence-corrected chi connectivity index (χ3v) is 10.3. The van der Waals surface area contributed by atoms with Crippen LogP contribution in [0.1, 0.15) is 22.3 Å². The van der Waals surface area contributed by atoms with Crippen LogP contribution < -0.4 is 0 Å². The fourth-order valence-corrected chi connectivity index (χ4v) is 8.27. The summed E-state index contributed by atoms with van der Waals surface area (Å²) >= 11 is 0. The zero-order chi connectivity index (χ0) is 31.7. The van der Waals surface area contributed by atoms with Gasteiger partial charge in [0, 0.05) is 41.6 Å². The molecule has 0 N–H and O–H groups in total. The lowest BCUT2D eigenvalue weighted by Gasteiger charge is -2.30. The highest BCUT2D eigenvalue weighted by molar-refractivity contribution is 5.95. The molecule has 3 heteroatoms. The highest BCUT2D eigenvalue weighted by atomic mass is 15.0. The van der Waals surface area contributed by atoms with Gasteiger partial charge in [0.2, 0.25) is 0 Å². The highest BCUT2D eigenvalue weighted by Crippen LogP contribution is 2.63. The molecule has 224 valence electrons. The Morgan fingerprint density at radius 1 is 0.375 bits per heavy atom. The van der Waals surface area contributed by atoms with Crippen LogP contribution in [0.4, 0.5) is 0 Å². The summed E-state index contributed by atoms with van der Waals surface area (Å²) < 4.78 is 2.30. The third kappa shape index (κ3) is 3.70. The molecule has 0 radical (unpaired) electrons. The van der Waals surface area contributed by atoms with Gasteiger partial charge in [0.1, 0.15) is 0 Å². The summed E-state index contributed by atoms with van der Waals surface area (Å²) in [6, 6.07) is 55.5. The molecule has 0 aliphatic heterocycles. The fraction of sp³-hybridized carbons (Fsp3) is 0.0222. The highest BCUT2D eigenvalue weighted by Gasteiger charge is 2.51. The smallest absolute Gasteiger partial charge is 0.0725 e. The van der Waals surface area contributed by atoms with Crippen LogP contribution in [-0.2, 0) is 5.41 Å². The molecule has 0 saturated carbocycles. The van der Waals surface area contributed by atoms with E-state index < -0.39 is 0 Å². The molecular weight excluding hydrogens is 583 g/mol. The van der Waals surface area contributed by atoms with E-state index in [-0.39, 0.29) is 5.41 Å². The number of aromatic nitrogens is 3. The van der Waals surface area contributed by atoms with Gasteiger partial charge in [-0.3, -0.25) is 9.97 Å². The summed E-state index contributed by atoms with van der Waals surface area (Å²) in [6.07, 6.45) is 7.47. The van der Waals surface area contributed by atoms with Crippen LogP contribution >= 0.6 is 0 Å². The minimum atomic E-state index is -0.350. The van der Waals surface area contributed by atoms with E-state index in [1.54, 1.807) is 0 Å². The summed E-state index contributed by atoms with van der Waals surface area (Å²) in [5, 5.41) is 0. The predicted molar refractivity (Wildman–Crippen MR) is 194 cm³/mol. The Bertz CT molecular complexity index is 2370. The van der Waals surface area contributed by atoms with Crippen LogP contribution in [0.3, 0.4) is 0 Å². The molecule has 10 rings (SSSR count). The number of hydrogen-bond acceptors (Lipinski definition) is 2. The molecule has 8 aromatic rings. The second-order valence-corrected chi connectivity index (χ2v) is 12.6. The average molecular weight is 612 g/mol. The van der Waals surface area contributed by atoms with Crippen LogP contribution in [0.5, 0.6) is 0 Å². The van der Waals surface area contributed by atoms with Crippen molar-refractivity contribution in [2.75, 3.05) is 0 Å². The molecule has 1 spiro atoms. The minimum absolute atomic E-state index is 0.350. The minimum Gasteiger partial charge on any atom is -0.309 e. The van der Waals surface area contributed by atoms with E-state index in [2.05, 4.69) is 154 Å². The van der Waals surface area contributed by atoms with Gasteiger partial charge in [0.15, 0.2) is 0 Å². The molecule has 0 fully saturated rings. The van der Waals surface area contributed by atoms with Gasteiger partial charge in [-0.05, 0) is 110 Å². The Kier molecular flexibility index (Phi) is 5.79. The Morgan fingerprint density at radius 3 is 1.35 bits per heavy atom. The first-order valence-electron chi connectivity index (χ1n) is 16.4. The van der Waals surface area contributed by atoms with Crippen molar-refractivity contribution in [1.29, 1.82) is 0 Å². The summed E-state index contributed by atoms with van der Waals surface area (Å²) in [4.78, 5) is 8.82. The van der Waals surface area contributed by atoms with Gasteiger partial charge in [0.25, 0.3) is 0 Å². The molecule has 3 aromatic heterocycles. The van der Waals surface area contributed by atoms with E-state index in [9.17, 15) is 0 Å². The van der Waals surface area contributed by atoms with Crippen molar-refractivity contribution in [2.24, 2.45) is 0 Å². The second kappa shape index (κ2) is 10.3. The Labute approximate surface area is 279 Å². The molecule has 0 saturated heterocycles. The summed E-state index contributed by atoms with van der Waals surface area (Å²) in [5.74, 6) is 0. The zero-order valence-electron chi connectivity index (χ0n) is 26.1. The molecule has 0 unspecified atom stereocenters. The maximum Gasteiger partial charge on any atom is 0.0725 e. The Morgan fingerprint density at radius 2 is 0.854 bits per heavy atom. The number of fused-ring (bicyclic) bond motifs is 10. The number of pyridine rings is 2. The summed E-state index contributed by atoms with van der Waals surface area (Å²) in [6.45, 7) is 0. The number of benzene rings is 5. The van der Waals surface area contributed by atoms with Crippen LogP contribution in [0, 0.1) is 0 Å². The molecule has 3 nitrogen and oxygen atoms in total. The standard InChI is InChI=1S/C45H29N3/c1-4-14-39-35(11-1)36-12-2-5-15-40(36)45(39)41-16-6-3-13-37(41)38-22-19-31(27-42(38)45)30-17-20-34(21-18-30)48-43(32-9-7-25-46-28-32)23-24-44(48)33-10-8-26-47-29-33/h1-29H. The number of rotatable bonds is 4. The van der Waals surface area contributed by atoms with Gasteiger partial charge in [-0.15, -0.1) is 0 Å². The molecule has 0 atom stereocenters. The van der Waals surface area contributed by atoms with Crippen molar-refractivity contribution in [2.45, 2.75) is 5.41 Å². The van der Waals surface area contributed by atoms with Gasteiger partial charge in [-0.1, -0.05) is 97.1 Å².